The molecule has 0 amide bonds. The van der Waals surface area contributed by atoms with Crippen molar-refractivity contribution < 1.29 is 4.42 Å². The number of benzene rings is 9. The van der Waals surface area contributed by atoms with Crippen LogP contribution in [0.4, 0.5) is 0 Å². The van der Waals surface area contributed by atoms with E-state index in [4.69, 9.17) is 4.42 Å². The highest BCUT2D eigenvalue weighted by atomic mass is 32.1. The molecule has 50 heavy (non-hydrogen) atoms. The molecule has 0 saturated heterocycles. The highest BCUT2D eigenvalue weighted by Gasteiger charge is 2.20. The second-order valence-electron chi connectivity index (χ2n) is 13.2. The Balaban J connectivity index is 1.14. The van der Waals surface area contributed by atoms with Gasteiger partial charge in [-0.25, -0.2) is 0 Å². The lowest BCUT2D eigenvalue weighted by Gasteiger charge is -2.18. The SMILES string of the molecule is c1ccc2cc(-c3c4ccccc4c(-c4ccc(-c5cc6c7ccccc7sc6c6c5oc5ccccc56)cc4)c4ccccc34)ccc2c1. The third-order valence-electron chi connectivity index (χ3n) is 10.4. The Bertz CT molecular complexity index is 3080. The van der Waals surface area contributed by atoms with E-state index in [2.05, 4.69) is 170 Å². The maximum atomic E-state index is 6.66. The van der Waals surface area contributed by atoms with Crippen molar-refractivity contribution in [3.8, 4) is 33.4 Å². The van der Waals surface area contributed by atoms with Crippen molar-refractivity contribution in [2.75, 3.05) is 0 Å². The van der Waals surface area contributed by atoms with Gasteiger partial charge in [-0.15, -0.1) is 11.3 Å². The van der Waals surface area contributed by atoms with Gasteiger partial charge in [0.1, 0.15) is 11.2 Å². The van der Waals surface area contributed by atoms with Crippen molar-refractivity contribution in [2.24, 2.45) is 0 Å². The van der Waals surface area contributed by atoms with Gasteiger partial charge in [0, 0.05) is 36.5 Å². The minimum atomic E-state index is 0.926. The fourth-order valence-corrected chi connectivity index (χ4v) is 9.43. The highest BCUT2D eigenvalue weighted by Crippen LogP contribution is 2.48. The molecule has 0 aliphatic heterocycles. The van der Waals surface area contributed by atoms with Crippen molar-refractivity contribution in [3.63, 3.8) is 0 Å². The average molecular weight is 653 g/mol. The molecule has 0 unspecified atom stereocenters. The first-order chi connectivity index (χ1) is 24.8. The molecule has 0 N–H and O–H groups in total. The molecular weight excluding hydrogens is 625 g/mol. The van der Waals surface area contributed by atoms with Crippen LogP contribution in [-0.2, 0) is 0 Å². The van der Waals surface area contributed by atoms with Crippen molar-refractivity contribution in [2.45, 2.75) is 0 Å². The fraction of sp³-hybridized carbons (Fsp3) is 0. The highest BCUT2D eigenvalue weighted by molar-refractivity contribution is 7.26. The second kappa shape index (κ2) is 10.6. The van der Waals surface area contributed by atoms with Crippen LogP contribution in [0.15, 0.2) is 174 Å². The van der Waals surface area contributed by atoms with Crippen molar-refractivity contribution >= 4 is 85.8 Å². The van der Waals surface area contributed by atoms with E-state index >= 15 is 0 Å². The Morgan fingerprint density at radius 3 is 1.64 bits per heavy atom. The van der Waals surface area contributed by atoms with Gasteiger partial charge in [0.25, 0.3) is 0 Å². The van der Waals surface area contributed by atoms with Gasteiger partial charge in [0.2, 0.25) is 0 Å². The first-order valence-electron chi connectivity index (χ1n) is 17.1. The van der Waals surface area contributed by atoms with Crippen LogP contribution in [0.2, 0.25) is 0 Å². The van der Waals surface area contributed by atoms with Crippen LogP contribution in [0.25, 0.3) is 108 Å². The summed E-state index contributed by atoms with van der Waals surface area (Å²) in [6.07, 6.45) is 0. The molecule has 2 heteroatoms. The van der Waals surface area contributed by atoms with Crippen LogP contribution >= 0.6 is 11.3 Å². The molecule has 0 spiro atoms. The summed E-state index contributed by atoms with van der Waals surface area (Å²) in [5, 5.41) is 12.5. The van der Waals surface area contributed by atoms with E-state index in [0.717, 1.165) is 22.3 Å². The van der Waals surface area contributed by atoms with E-state index in [1.165, 1.54) is 85.5 Å². The summed E-state index contributed by atoms with van der Waals surface area (Å²) in [6, 6.07) is 61.9. The van der Waals surface area contributed by atoms with E-state index in [9.17, 15) is 0 Å². The Labute approximate surface area is 292 Å². The predicted octanol–water partition coefficient (Wildman–Crippen LogP) is 14.4. The van der Waals surface area contributed by atoms with E-state index < -0.39 is 0 Å². The number of para-hydroxylation sites is 1. The molecule has 232 valence electrons. The minimum absolute atomic E-state index is 0.926. The number of hydrogen-bond donors (Lipinski definition) is 0. The van der Waals surface area contributed by atoms with Gasteiger partial charge in [0.05, 0.1) is 0 Å². The third-order valence-corrected chi connectivity index (χ3v) is 11.6. The zero-order valence-electron chi connectivity index (χ0n) is 27.0. The Morgan fingerprint density at radius 2 is 0.920 bits per heavy atom. The Morgan fingerprint density at radius 1 is 0.380 bits per heavy atom. The van der Waals surface area contributed by atoms with Crippen LogP contribution in [0, 0.1) is 0 Å². The van der Waals surface area contributed by atoms with E-state index in [0.29, 0.717) is 0 Å². The summed E-state index contributed by atoms with van der Waals surface area (Å²) < 4.78 is 9.25. The minimum Gasteiger partial charge on any atom is -0.455 e. The molecular formula is C48H28OS. The molecule has 9 aromatic carbocycles. The van der Waals surface area contributed by atoms with E-state index in [1.807, 2.05) is 11.3 Å². The lowest BCUT2D eigenvalue weighted by molar-refractivity contribution is 0.670. The summed E-state index contributed by atoms with van der Waals surface area (Å²) >= 11 is 1.86. The number of furan rings is 1. The molecule has 11 rings (SSSR count). The molecule has 0 aliphatic rings. The molecule has 2 aromatic heterocycles. The van der Waals surface area contributed by atoms with Gasteiger partial charge in [-0.1, -0.05) is 146 Å². The van der Waals surface area contributed by atoms with Crippen LogP contribution in [0.3, 0.4) is 0 Å². The zero-order valence-corrected chi connectivity index (χ0v) is 27.8. The first-order valence-corrected chi connectivity index (χ1v) is 17.9. The molecule has 0 bridgehead atoms. The second-order valence-corrected chi connectivity index (χ2v) is 14.2. The summed E-state index contributed by atoms with van der Waals surface area (Å²) in [7, 11) is 0. The van der Waals surface area contributed by atoms with Crippen LogP contribution in [-0.4, -0.2) is 0 Å². The summed E-state index contributed by atoms with van der Waals surface area (Å²) in [5.74, 6) is 0. The van der Waals surface area contributed by atoms with Crippen LogP contribution in [0.5, 0.6) is 0 Å². The Hall–Kier alpha value is -6.22. The van der Waals surface area contributed by atoms with Gasteiger partial charge in [-0.3, -0.25) is 0 Å². The summed E-state index contributed by atoms with van der Waals surface area (Å²) in [6.45, 7) is 0. The molecule has 0 fully saturated rings. The zero-order chi connectivity index (χ0) is 32.8. The number of rotatable bonds is 3. The van der Waals surface area contributed by atoms with Gasteiger partial charge >= 0.3 is 0 Å². The van der Waals surface area contributed by atoms with Crippen molar-refractivity contribution in [1.29, 1.82) is 0 Å². The summed E-state index contributed by atoms with van der Waals surface area (Å²) in [4.78, 5) is 0. The maximum Gasteiger partial charge on any atom is 0.144 e. The quantitative estimate of drug-likeness (QED) is 0.173. The lowest BCUT2D eigenvalue weighted by atomic mass is 9.85. The van der Waals surface area contributed by atoms with E-state index in [1.54, 1.807) is 0 Å². The van der Waals surface area contributed by atoms with Gasteiger partial charge in [0.15, 0.2) is 0 Å². The van der Waals surface area contributed by atoms with Crippen LogP contribution < -0.4 is 0 Å². The number of fused-ring (bicyclic) bond motifs is 10. The normalized spacial score (nSPS) is 12.0. The van der Waals surface area contributed by atoms with Crippen molar-refractivity contribution in [3.05, 3.63) is 170 Å². The maximum absolute atomic E-state index is 6.66. The molecule has 0 aliphatic carbocycles. The van der Waals surface area contributed by atoms with Gasteiger partial charge in [-0.2, -0.15) is 0 Å². The first kappa shape index (κ1) is 27.7. The molecule has 11 aromatic rings. The van der Waals surface area contributed by atoms with Crippen LogP contribution in [0.1, 0.15) is 0 Å². The molecule has 2 heterocycles. The smallest absolute Gasteiger partial charge is 0.144 e. The number of hydrogen-bond acceptors (Lipinski definition) is 2. The monoisotopic (exact) mass is 652 g/mol. The molecule has 0 atom stereocenters. The summed E-state index contributed by atoms with van der Waals surface area (Å²) in [5.41, 5.74) is 9.14. The third kappa shape index (κ3) is 4.00. The van der Waals surface area contributed by atoms with Gasteiger partial charge < -0.3 is 4.42 Å². The average Bonchev–Trinajstić information content (AvgIpc) is 3.75. The standard InChI is InChI=1S/C48H28OS/c1-2-12-32-27-33(26-21-29(32)11-1)45-37-16-5-3-14-35(37)44(36-15-4-6-17-38(36)45)31-24-22-30(23-25-31)40-28-41-34-13-8-10-20-43(34)50-48(41)46-39-18-7-9-19-42(39)49-47(40)46/h1-28H. The molecule has 0 radical (unpaired) electrons. The molecule has 1 nitrogen and oxygen atoms in total. The van der Waals surface area contributed by atoms with E-state index in [-0.39, 0.29) is 0 Å². The molecule has 0 saturated carbocycles. The van der Waals surface area contributed by atoms with Gasteiger partial charge in [-0.05, 0) is 84.4 Å². The van der Waals surface area contributed by atoms with Crippen molar-refractivity contribution in [1.82, 2.24) is 0 Å². The number of thiophene rings is 1. The lowest BCUT2D eigenvalue weighted by Crippen LogP contribution is -1.91. The fourth-order valence-electron chi connectivity index (χ4n) is 8.19. The Kier molecular flexibility index (Phi) is 5.89. The predicted molar refractivity (Wildman–Crippen MR) is 215 cm³/mol. The topological polar surface area (TPSA) is 13.1 Å². The largest absolute Gasteiger partial charge is 0.455 e.